The third-order valence-electron chi connectivity index (χ3n) is 3.91. The van der Waals surface area contributed by atoms with Crippen LogP contribution in [-0.4, -0.2) is 45.7 Å². The average molecular weight is 405 g/mol. The van der Waals surface area contributed by atoms with Gasteiger partial charge >= 0.3 is 0 Å². The summed E-state index contributed by atoms with van der Waals surface area (Å²) < 4.78 is 6.25. The minimum atomic E-state index is -0.671. The third kappa shape index (κ3) is 5.42. The molecule has 1 aromatic heterocycles. The van der Waals surface area contributed by atoms with E-state index in [0.29, 0.717) is 28.6 Å². The van der Waals surface area contributed by atoms with Gasteiger partial charge in [-0.2, -0.15) is 5.26 Å². The molecule has 1 saturated carbocycles. The Balaban J connectivity index is 1.47. The summed E-state index contributed by atoms with van der Waals surface area (Å²) in [6, 6.07) is 9.04. The molecule has 1 N–H and O–H groups in total. The highest BCUT2D eigenvalue weighted by Crippen LogP contribution is 2.36. The van der Waals surface area contributed by atoms with Crippen molar-refractivity contribution in [3.8, 4) is 11.8 Å². The molecule has 1 fully saturated rings. The maximum Gasteiger partial charge on any atom is 0.228 e. The quantitative estimate of drug-likeness (QED) is 0.507. The Kier molecular flexibility index (Phi) is 6.66. The lowest BCUT2D eigenvalue weighted by Gasteiger charge is -2.17. The van der Waals surface area contributed by atoms with Crippen LogP contribution in [0.4, 0.5) is 5.13 Å². The van der Waals surface area contributed by atoms with E-state index in [1.54, 1.807) is 29.2 Å². The van der Waals surface area contributed by atoms with Crippen LogP contribution in [0.1, 0.15) is 31.7 Å². The Bertz CT molecular complexity index is 815. The fourth-order valence-corrected chi connectivity index (χ4v) is 4.22. The van der Waals surface area contributed by atoms with Gasteiger partial charge < -0.3 is 9.84 Å². The molecule has 27 heavy (non-hydrogen) atoms. The maximum atomic E-state index is 12.1. The van der Waals surface area contributed by atoms with Crippen molar-refractivity contribution in [3.05, 3.63) is 29.8 Å². The topological polar surface area (TPSA) is 99.3 Å². The fraction of sp³-hybridized carbons (Fsp3) is 0.444. The summed E-state index contributed by atoms with van der Waals surface area (Å²) in [5.41, 5.74) is 0.562. The van der Waals surface area contributed by atoms with Gasteiger partial charge in [-0.05, 0) is 37.1 Å². The van der Waals surface area contributed by atoms with Gasteiger partial charge in [0.15, 0.2) is 4.34 Å². The first-order valence-electron chi connectivity index (χ1n) is 8.70. The highest BCUT2D eigenvalue weighted by atomic mass is 32.2. The van der Waals surface area contributed by atoms with E-state index in [0.717, 1.165) is 17.2 Å². The van der Waals surface area contributed by atoms with E-state index in [2.05, 4.69) is 10.2 Å². The third-order valence-corrected chi connectivity index (χ3v) is 6.11. The van der Waals surface area contributed by atoms with E-state index in [4.69, 9.17) is 10.00 Å². The second kappa shape index (κ2) is 9.17. The summed E-state index contributed by atoms with van der Waals surface area (Å²) >= 11 is 2.77. The van der Waals surface area contributed by atoms with Crippen molar-refractivity contribution < 1.29 is 14.6 Å². The van der Waals surface area contributed by atoms with Crippen LogP contribution in [0.25, 0.3) is 0 Å². The Morgan fingerprint density at radius 1 is 1.44 bits per heavy atom. The molecule has 7 nitrogen and oxygen atoms in total. The van der Waals surface area contributed by atoms with Gasteiger partial charge in [-0.3, -0.25) is 9.69 Å². The Morgan fingerprint density at radius 3 is 2.81 bits per heavy atom. The van der Waals surface area contributed by atoms with Crippen LogP contribution in [0.5, 0.6) is 5.75 Å². The van der Waals surface area contributed by atoms with E-state index < -0.39 is 6.10 Å². The first-order chi connectivity index (χ1) is 13.1. The number of nitriles is 1. The Morgan fingerprint density at radius 2 is 2.19 bits per heavy atom. The number of rotatable bonds is 9. The molecule has 3 rings (SSSR count). The molecule has 0 bridgehead atoms. The summed E-state index contributed by atoms with van der Waals surface area (Å²) in [5.74, 6) is 1.09. The molecular weight excluding hydrogens is 384 g/mol. The number of benzene rings is 1. The monoisotopic (exact) mass is 404 g/mol. The predicted molar refractivity (Wildman–Crippen MR) is 104 cm³/mol. The van der Waals surface area contributed by atoms with Crippen LogP contribution >= 0.6 is 23.1 Å². The minimum absolute atomic E-state index is 0.0704. The highest BCUT2D eigenvalue weighted by Gasteiger charge is 2.35. The van der Waals surface area contributed by atoms with Gasteiger partial charge in [0.05, 0.1) is 17.7 Å². The van der Waals surface area contributed by atoms with Crippen molar-refractivity contribution in [2.24, 2.45) is 0 Å². The lowest BCUT2D eigenvalue weighted by Crippen LogP contribution is -2.32. The largest absolute Gasteiger partial charge is 0.491 e. The molecule has 0 radical (unpaired) electrons. The van der Waals surface area contributed by atoms with Crippen LogP contribution in [0.15, 0.2) is 28.6 Å². The zero-order valence-electron chi connectivity index (χ0n) is 14.9. The van der Waals surface area contributed by atoms with Crippen molar-refractivity contribution in [2.75, 3.05) is 17.3 Å². The van der Waals surface area contributed by atoms with Crippen LogP contribution in [-0.2, 0) is 4.79 Å². The van der Waals surface area contributed by atoms with Gasteiger partial charge in [0.2, 0.25) is 11.0 Å². The van der Waals surface area contributed by atoms with Gasteiger partial charge in [0.25, 0.3) is 0 Å². The van der Waals surface area contributed by atoms with Gasteiger partial charge in [-0.25, -0.2) is 0 Å². The van der Waals surface area contributed by atoms with Crippen LogP contribution in [0.2, 0.25) is 0 Å². The molecule has 2 aromatic rings. The number of thioether (sulfide) groups is 1. The van der Waals surface area contributed by atoms with E-state index in [1.807, 2.05) is 13.0 Å². The van der Waals surface area contributed by atoms with E-state index in [-0.39, 0.29) is 18.6 Å². The Labute approximate surface area is 166 Å². The highest BCUT2D eigenvalue weighted by molar-refractivity contribution is 8.01. The van der Waals surface area contributed by atoms with Gasteiger partial charge in [-0.15, -0.1) is 10.2 Å². The van der Waals surface area contributed by atoms with Gasteiger partial charge in [0.1, 0.15) is 12.4 Å². The number of anilines is 1. The van der Waals surface area contributed by atoms with Crippen LogP contribution in [0.3, 0.4) is 0 Å². The van der Waals surface area contributed by atoms with E-state index in [1.165, 1.54) is 23.1 Å². The van der Waals surface area contributed by atoms with Crippen molar-refractivity contribution in [1.29, 1.82) is 5.26 Å². The normalized spacial score (nSPS) is 14.4. The fourth-order valence-electron chi connectivity index (χ4n) is 2.36. The number of carbonyl (C=O) groups is 1. The summed E-state index contributed by atoms with van der Waals surface area (Å²) in [7, 11) is 0. The maximum absolute atomic E-state index is 12.1. The average Bonchev–Trinajstić information content (AvgIpc) is 3.42. The lowest BCUT2D eigenvalue weighted by atomic mass is 10.2. The van der Waals surface area contributed by atoms with E-state index in [9.17, 15) is 9.90 Å². The molecule has 0 saturated heterocycles. The SMILES string of the molecule is CCC(=O)N(c1nnc(SCC(O)COc2ccc(C#N)cc2)s1)C1CC1. The first kappa shape index (κ1) is 19.6. The van der Waals surface area contributed by atoms with Gasteiger partial charge in [-0.1, -0.05) is 30.0 Å². The number of hydrogen-bond acceptors (Lipinski definition) is 8. The number of ether oxygens (including phenoxy) is 1. The molecule has 1 unspecified atom stereocenters. The number of carbonyl (C=O) groups excluding carboxylic acids is 1. The van der Waals surface area contributed by atoms with Crippen LogP contribution < -0.4 is 9.64 Å². The summed E-state index contributed by atoms with van der Waals surface area (Å²) in [5, 5.41) is 27.8. The van der Waals surface area contributed by atoms with Crippen LogP contribution in [0, 0.1) is 11.3 Å². The molecular formula is C18H20N4O3S2. The second-order valence-electron chi connectivity index (χ2n) is 6.11. The predicted octanol–water partition coefficient (Wildman–Crippen LogP) is 2.85. The molecule has 1 aliphatic carbocycles. The molecule has 0 aliphatic heterocycles. The van der Waals surface area contributed by atoms with E-state index >= 15 is 0 Å². The molecule has 1 aliphatic rings. The van der Waals surface area contributed by atoms with Crippen molar-refractivity contribution >= 4 is 34.1 Å². The standard InChI is InChI=1S/C18H20N4O3S2/c1-2-16(24)22(13-5-6-13)17-20-21-18(27-17)26-11-14(23)10-25-15-7-3-12(9-19)4-8-15/h3-4,7-8,13-14,23H,2,5-6,10-11H2,1H3. The zero-order valence-corrected chi connectivity index (χ0v) is 16.5. The molecule has 1 heterocycles. The van der Waals surface area contributed by atoms with Crippen molar-refractivity contribution in [3.63, 3.8) is 0 Å². The summed E-state index contributed by atoms with van der Waals surface area (Å²) in [4.78, 5) is 13.9. The molecule has 142 valence electrons. The number of hydrogen-bond donors (Lipinski definition) is 1. The van der Waals surface area contributed by atoms with Gasteiger partial charge in [0, 0.05) is 18.2 Å². The number of aromatic nitrogens is 2. The molecule has 0 spiro atoms. The number of amides is 1. The smallest absolute Gasteiger partial charge is 0.228 e. The number of aliphatic hydroxyl groups excluding tert-OH is 1. The minimum Gasteiger partial charge on any atom is -0.491 e. The summed E-state index contributed by atoms with van der Waals surface area (Å²) in [6.07, 6.45) is 1.80. The number of aliphatic hydroxyl groups is 1. The van der Waals surface area contributed by atoms with Crippen molar-refractivity contribution in [2.45, 2.75) is 42.7 Å². The molecule has 1 amide bonds. The lowest BCUT2D eigenvalue weighted by molar-refractivity contribution is -0.118. The molecule has 1 atom stereocenters. The molecule has 9 heteroatoms. The molecule has 1 aromatic carbocycles. The first-order valence-corrected chi connectivity index (χ1v) is 10.5. The summed E-state index contributed by atoms with van der Waals surface area (Å²) in [6.45, 7) is 1.99. The zero-order chi connectivity index (χ0) is 19.2. The second-order valence-corrected chi connectivity index (χ2v) is 8.33. The Hall–Kier alpha value is -2.15. The number of nitrogens with zero attached hydrogens (tertiary/aromatic N) is 4. The van der Waals surface area contributed by atoms with Crippen molar-refractivity contribution in [1.82, 2.24) is 10.2 Å².